The molecule has 5 aromatic rings. The van der Waals surface area contributed by atoms with E-state index in [4.69, 9.17) is 23.2 Å². The minimum absolute atomic E-state index is 0.122. The van der Waals surface area contributed by atoms with Gasteiger partial charge in [0.25, 0.3) is 0 Å². The third-order valence-corrected chi connectivity index (χ3v) is 9.40. The van der Waals surface area contributed by atoms with Crippen LogP contribution >= 0.6 is 23.2 Å². The molecular weight excluding hydrogens is 647 g/mol. The second-order valence-corrected chi connectivity index (χ2v) is 12.6. The Bertz CT molecular complexity index is 2000. The molecule has 1 amide bonds. The number of aliphatic hydroxyl groups is 1. The first kappa shape index (κ1) is 33.3. The van der Waals surface area contributed by atoms with E-state index in [0.717, 1.165) is 57.2 Å². The molecule has 11 heteroatoms. The third-order valence-electron chi connectivity index (χ3n) is 8.66. The number of fused-ring (bicyclic) bond motifs is 1. The second kappa shape index (κ2) is 15.1. The molecule has 0 radical (unpaired) electrons. The summed E-state index contributed by atoms with van der Waals surface area (Å²) < 4.78 is 1.82. The lowest BCUT2D eigenvalue weighted by atomic mass is 9.96. The number of hydrogen-bond acceptors (Lipinski definition) is 7. The maximum Gasteiger partial charge on any atom is 0.220 e. The first-order chi connectivity index (χ1) is 23.4. The number of nitrogens with one attached hydrogen (secondary N) is 3. The van der Waals surface area contributed by atoms with Gasteiger partial charge >= 0.3 is 0 Å². The first-order valence-electron chi connectivity index (χ1n) is 15.7. The summed E-state index contributed by atoms with van der Waals surface area (Å²) >= 11 is 13.8. The van der Waals surface area contributed by atoms with Gasteiger partial charge in [-0.1, -0.05) is 77.8 Å². The molecule has 2 unspecified atom stereocenters. The Balaban J connectivity index is 1.21. The molecule has 4 aromatic carbocycles. The van der Waals surface area contributed by atoms with Crippen molar-refractivity contribution in [2.45, 2.75) is 44.6 Å². The summed E-state index contributed by atoms with van der Waals surface area (Å²) in [4.78, 5) is 22.5. The Morgan fingerprint density at radius 3 is 2.54 bits per heavy atom. The summed E-state index contributed by atoms with van der Waals surface area (Å²) in [7, 11) is 0. The van der Waals surface area contributed by atoms with Gasteiger partial charge in [0, 0.05) is 59.2 Å². The molecule has 2 heterocycles. The molecule has 1 aromatic heterocycles. The number of aliphatic hydroxyl groups excluding tert-OH is 1. The zero-order valence-corrected chi connectivity index (χ0v) is 27.6. The molecule has 6 rings (SSSR count). The zero-order chi connectivity index (χ0) is 33.6. The number of halogens is 2. The number of nitrogens with zero attached hydrogens (tertiary/aromatic N) is 3. The molecule has 0 saturated carbocycles. The topological polar surface area (TPSA) is 132 Å². The van der Waals surface area contributed by atoms with Gasteiger partial charge in [-0.25, -0.2) is 0 Å². The molecular formula is C37H34Cl2N6O3. The monoisotopic (exact) mass is 680 g/mol. The van der Waals surface area contributed by atoms with Crippen molar-refractivity contribution in [1.29, 1.82) is 5.26 Å². The number of hydrogen-bond donors (Lipinski definition) is 4. The van der Waals surface area contributed by atoms with E-state index in [0.29, 0.717) is 40.4 Å². The Morgan fingerprint density at radius 1 is 1.04 bits per heavy atom. The predicted molar refractivity (Wildman–Crippen MR) is 188 cm³/mol. The van der Waals surface area contributed by atoms with E-state index in [9.17, 15) is 20.0 Å². The minimum Gasteiger partial charge on any atom is -0.394 e. The van der Waals surface area contributed by atoms with Crippen LogP contribution in [0.1, 0.15) is 35.1 Å². The van der Waals surface area contributed by atoms with Gasteiger partial charge in [0.2, 0.25) is 5.91 Å². The summed E-state index contributed by atoms with van der Waals surface area (Å²) in [5.41, 5.74) is 7.53. The number of nitriles is 1. The third kappa shape index (κ3) is 7.29. The van der Waals surface area contributed by atoms with E-state index in [1.807, 2.05) is 41.1 Å². The zero-order valence-electron chi connectivity index (χ0n) is 26.0. The molecule has 0 aliphatic carbocycles. The van der Waals surface area contributed by atoms with Gasteiger partial charge in [-0.05, 0) is 46.9 Å². The van der Waals surface area contributed by atoms with Crippen molar-refractivity contribution in [3.05, 3.63) is 111 Å². The molecule has 1 saturated heterocycles. The summed E-state index contributed by atoms with van der Waals surface area (Å²) in [6, 6.07) is 25.5. The number of aldehydes is 1. The highest BCUT2D eigenvalue weighted by molar-refractivity contribution is 6.36. The number of amides is 1. The normalized spacial score (nSPS) is 15.0. The van der Waals surface area contributed by atoms with Crippen LogP contribution in [0.3, 0.4) is 0 Å². The van der Waals surface area contributed by atoms with Crippen molar-refractivity contribution in [2.24, 2.45) is 0 Å². The number of carbonyl (C=O) groups excluding carboxylic acids is 2. The van der Waals surface area contributed by atoms with Crippen LogP contribution in [-0.2, 0) is 29.2 Å². The standard InChI is InChI=1S/C37H34Cl2N6O3/c38-34-14-24(17-42-28(21-46)22-47)13-26(15-40)33(34)20-45-35-6-2-4-30(32(35)19-43-45)31-5-1-3-29(37(31)39)25-9-7-23(8-10-25)16-41-18-27-11-12-36(48)44-27/h1-10,13-14,19,21,27-28,41-42,47H,11-12,16-18,20,22H2,(H,44,48). The van der Waals surface area contributed by atoms with Gasteiger partial charge < -0.3 is 25.9 Å². The highest BCUT2D eigenvalue weighted by Crippen LogP contribution is 2.39. The highest BCUT2D eigenvalue weighted by Gasteiger charge is 2.20. The average molecular weight is 682 g/mol. The largest absolute Gasteiger partial charge is 0.394 e. The summed E-state index contributed by atoms with van der Waals surface area (Å²) in [6.07, 6.45) is 3.91. The Kier molecular flexibility index (Phi) is 10.5. The fraction of sp³-hybridized carbons (Fsp3) is 0.243. The molecule has 1 aliphatic heterocycles. The number of benzene rings is 4. The lowest BCUT2D eigenvalue weighted by Gasteiger charge is -2.14. The fourth-order valence-corrected chi connectivity index (χ4v) is 6.70. The van der Waals surface area contributed by atoms with Crippen molar-refractivity contribution in [3.8, 4) is 28.3 Å². The molecule has 1 fully saturated rings. The number of aromatic nitrogens is 2. The fourth-order valence-electron chi connectivity index (χ4n) is 6.06. The van der Waals surface area contributed by atoms with Crippen LogP contribution in [0.5, 0.6) is 0 Å². The van der Waals surface area contributed by atoms with Crippen LogP contribution in [-0.4, -0.2) is 52.3 Å². The first-order valence-corrected chi connectivity index (χ1v) is 16.5. The van der Waals surface area contributed by atoms with Gasteiger partial charge in [-0.15, -0.1) is 0 Å². The summed E-state index contributed by atoms with van der Waals surface area (Å²) in [5.74, 6) is 0.122. The Hall–Kier alpha value is -4.56. The van der Waals surface area contributed by atoms with Crippen molar-refractivity contribution in [1.82, 2.24) is 25.7 Å². The van der Waals surface area contributed by atoms with Gasteiger partial charge in [-0.3, -0.25) is 9.48 Å². The van der Waals surface area contributed by atoms with Crippen LogP contribution in [0.4, 0.5) is 0 Å². The Morgan fingerprint density at radius 2 is 1.81 bits per heavy atom. The van der Waals surface area contributed by atoms with E-state index in [2.05, 4.69) is 51.4 Å². The van der Waals surface area contributed by atoms with Crippen LogP contribution in [0, 0.1) is 11.3 Å². The van der Waals surface area contributed by atoms with Crippen molar-refractivity contribution < 1.29 is 14.7 Å². The summed E-state index contributed by atoms with van der Waals surface area (Å²) in [6.45, 7) is 1.69. The molecule has 9 nitrogen and oxygen atoms in total. The van der Waals surface area contributed by atoms with E-state index in [-0.39, 0.29) is 31.6 Å². The van der Waals surface area contributed by atoms with E-state index >= 15 is 0 Å². The molecule has 0 bridgehead atoms. The van der Waals surface area contributed by atoms with Crippen molar-refractivity contribution in [2.75, 3.05) is 13.2 Å². The van der Waals surface area contributed by atoms with E-state index < -0.39 is 6.04 Å². The maximum absolute atomic E-state index is 11.4. The van der Waals surface area contributed by atoms with Crippen LogP contribution in [0.25, 0.3) is 33.2 Å². The van der Waals surface area contributed by atoms with E-state index in [1.54, 1.807) is 18.3 Å². The lowest BCUT2D eigenvalue weighted by Crippen LogP contribution is -2.35. The van der Waals surface area contributed by atoms with Crippen molar-refractivity contribution >= 4 is 46.3 Å². The SMILES string of the molecule is N#Cc1cc(CNC(C=O)CO)cc(Cl)c1Cn1ncc2c(-c3cccc(-c4ccc(CNCC5CCC(=O)N5)cc4)c3Cl)cccc21. The lowest BCUT2D eigenvalue weighted by molar-refractivity contribution is -0.119. The summed E-state index contributed by atoms with van der Waals surface area (Å²) in [5, 5.41) is 35.2. The van der Waals surface area contributed by atoms with E-state index in [1.165, 1.54) is 0 Å². The molecule has 2 atom stereocenters. The van der Waals surface area contributed by atoms with Gasteiger partial charge in [-0.2, -0.15) is 10.4 Å². The predicted octanol–water partition coefficient (Wildman–Crippen LogP) is 5.61. The number of carbonyl (C=O) groups is 2. The number of rotatable bonds is 13. The highest BCUT2D eigenvalue weighted by atomic mass is 35.5. The molecule has 48 heavy (non-hydrogen) atoms. The van der Waals surface area contributed by atoms with Gasteiger partial charge in [0.15, 0.2) is 0 Å². The molecule has 0 spiro atoms. The van der Waals surface area contributed by atoms with Crippen LogP contribution < -0.4 is 16.0 Å². The smallest absolute Gasteiger partial charge is 0.220 e. The van der Waals surface area contributed by atoms with Gasteiger partial charge in [0.05, 0.1) is 47.6 Å². The second-order valence-electron chi connectivity index (χ2n) is 11.9. The molecule has 1 aliphatic rings. The Labute approximate surface area is 288 Å². The van der Waals surface area contributed by atoms with Gasteiger partial charge in [0.1, 0.15) is 6.29 Å². The molecule has 4 N–H and O–H groups in total. The molecule has 244 valence electrons. The minimum atomic E-state index is -0.694. The average Bonchev–Trinajstić information content (AvgIpc) is 3.72. The quantitative estimate of drug-likeness (QED) is 0.119. The van der Waals surface area contributed by atoms with Crippen molar-refractivity contribution in [3.63, 3.8) is 0 Å². The van der Waals surface area contributed by atoms with Crippen LogP contribution in [0.15, 0.2) is 79.0 Å². The van der Waals surface area contributed by atoms with Crippen LogP contribution in [0.2, 0.25) is 10.0 Å². The maximum atomic E-state index is 11.4.